The Hall–Kier alpha value is -2.36. The molecule has 1 heterocycles. The summed E-state index contributed by atoms with van der Waals surface area (Å²) in [6.07, 6.45) is 1.72. The van der Waals surface area contributed by atoms with E-state index < -0.39 is 0 Å². The van der Waals surface area contributed by atoms with Crippen LogP contribution in [0.4, 0.5) is 5.69 Å². The minimum atomic E-state index is -0.0978. The normalized spacial score (nSPS) is 10.3. The molecule has 4 heteroatoms. The van der Waals surface area contributed by atoms with Gasteiger partial charge in [0.05, 0.1) is 17.8 Å². The van der Waals surface area contributed by atoms with E-state index in [1.165, 1.54) is 0 Å². The second-order valence-electron chi connectivity index (χ2n) is 4.85. The average Bonchev–Trinajstić information content (AvgIpc) is 2.46. The number of amides is 1. The van der Waals surface area contributed by atoms with Crippen LogP contribution in [0.15, 0.2) is 48.7 Å². The van der Waals surface area contributed by atoms with Crippen molar-refractivity contribution in [3.8, 4) is 0 Å². The van der Waals surface area contributed by atoms with Gasteiger partial charge in [-0.25, -0.2) is 0 Å². The van der Waals surface area contributed by atoms with Crippen LogP contribution in [0.5, 0.6) is 0 Å². The van der Waals surface area contributed by atoms with Gasteiger partial charge < -0.3 is 10.6 Å². The molecule has 0 unspecified atom stereocenters. The van der Waals surface area contributed by atoms with Gasteiger partial charge in [-0.3, -0.25) is 9.78 Å². The topological polar surface area (TPSA) is 54.0 Å². The summed E-state index contributed by atoms with van der Waals surface area (Å²) in [6, 6.07) is 13.4. The number of benzene rings is 1. The molecule has 0 spiro atoms. The molecule has 104 valence electrons. The molecule has 0 bridgehead atoms. The molecule has 0 fully saturated rings. The first-order valence-electron chi connectivity index (χ1n) is 6.70. The Morgan fingerprint density at radius 2 is 1.90 bits per heavy atom. The third-order valence-electron chi connectivity index (χ3n) is 2.77. The van der Waals surface area contributed by atoms with Crippen LogP contribution in [0.3, 0.4) is 0 Å². The average molecular weight is 269 g/mol. The number of pyridine rings is 1. The highest BCUT2D eigenvalue weighted by molar-refractivity contribution is 5.99. The van der Waals surface area contributed by atoms with Gasteiger partial charge in [-0.2, -0.15) is 0 Å². The van der Waals surface area contributed by atoms with Gasteiger partial charge in [0.2, 0.25) is 0 Å². The Morgan fingerprint density at radius 3 is 2.60 bits per heavy atom. The van der Waals surface area contributed by atoms with E-state index in [0.29, 0.717) is 12.1 Å². The summed E-state index contributed by atoms with van der Waals surface area (Å²) in [6.45, 7) is 4.51. The van der Waals surface area contributed by atoms with Crippen LogP contribution in [0.2, 0.25) is 0 Å². The van der Waals surface area contributed by atoms with Crippen molar-refractivity contribution in [3.63, 3.8) is 0 Å². The van der Waals surface area contributed by atoms with Gasteiger partial charge in [0.25, 0.3) is 5.91 Å². The predicted octanol–water partition coefficient (Wildman–Crippen LogP) is 2.83. The predicted molar refractivity (Wildman–Crippen MR) is 80.6 cm³/mol. The van der Waals surface area contributed by atoms with Crippen molar-refractivity contribution in [2.24, 2.45) is 0 Å². The number of carbonyl (C=O) groups excluding carboxylic acids is 1. The maximum Gasteiger partial charge on any atom is 0.253 e. The van der Waals surface area contributed by atoms with Crippen molar-refractivity contribution in [1.82, 2.24) is 10.3 Å². The molecule has 0 radical (unpaired) electrons. The molecular weight excluding hydrogens is 250 g/mol. The van der Waals surface area contributed by atoms with Gasteiger partial charge >= 0.3 is 0 Å². The number of anilines is 1. The Balaban J connectivity index is 2.05. The number of para-hydroxylation sites is 1. The van der Waals surface area contributed by atoms with E-state index >= 15 is 0 Å². The number of rotatable bonds is 5. The van der Waals surface area contributed by atoms with Crippen LogP contribution in [0.25, 0.3) is 0 Å². The zero-order valence-corrected chi connectivity index (χ0v) is 11.8. The smallest absolute Gasteiger partial charge is 0.253 e. The minimum absolute atomic E-state index is 0.0978. The van der Waals surface area contributed by atoms with E-state index in [9.17, 15) is 4.79 Å². The molecule has 1 aromatic carbocycles. The van der Waals surface area contributed by atoms with E-state index in [2.05, 4.69) is 15.6 Å². The number of carbonyl (C=O) groups is 1. The zero-order chi connectivity index (χ0) is 14.4. The van der Waals surface area contributed by atoms with Crippen LogP contribution < -0.4 is 10.6 Å². The van der Waals surface area contributed by atoms with Crippen molar-refractivity contribution in [2.45, 2.75) is 26.4 Å². The summed E-state index contributed by atoms with van der Waals surface area (Å²) in [4.78, 5) is 16.4. The Bertz CT molecular complexity index is 567. The second-order valence-corrected chi connectivity index (χ2v) is 4.85. The highest BCUT2D eigenvalue weighted by atomic mass is 16.1. The maximum absolute atomic E-state index is 12.2. The number of aromatic nitrogens is 1. The first-order valence-corrected chi connectivity index (χ1v) is 6.70. The van der Waals surface area contributed by atoms with Gasteiger partial charge in [-0.1, -0.05) is 18.2 Å². The molecule has 0 aliphatic carbocycles. The quantitative estimate of drug-likeness (QED) is 0.877. The fourth-order valence-corrected chi connectivity index (χ4v) is 1.89. The van der Waals surface area contributed by atoms with Crippen molar-refractivity contribution in [3.05, 3.63) is 59.9 Å². The summed E-state index contributed by atoms with van der Waals surface area (Å²) in [7, 11) is 0. The van der Waals surface area contributed by atoms with Gasteiger partial charge in [0.15, 0.2) is 0 Å². The summed E-state index contributed by atoms with van der Waals surface area (Å²) >= 11 is 0. The first-order chi connectivity index (χ1) is 9.66. The van der Waals surface area contributed by atoms with Crippen LogP contribution in [0, 0.1) is 0 Å². The number of hydrogen-bond acceptors (Lipinski definition) is 3. The summed E-state index contributed by atoms with van der Waals surface area (Å²) in [5.74, 6) is -0.0978. The van der Waals surface area contributed by atoms with Crippen molar-refractivity contribution < 1.29 is 4.79 Å². The van der Waals surface area contributed by atoms with Crippen LogP contribution in [0.1, 0.15) is 29.9 Å². The minimum Gasteiger partial charge on any atom is -0.382 e. The lowest BCUT2D eigenvalue weighted by atomic mass is 10.1. The maximum atomic E-state index is 12.2. The molecule has 0 atom stereocenters. The largest absolute Gasteiger partial charge is 0.382 e. The lowest BCUT2D eigenvalue weighted by Gasteiger charge is -2.14. The van der Waals surface area contributed by atoms with Crippen LogP contribution in [-0.2, 0) is 6.54 Å². The second kappa shape index (κ2) is 6.70. The van der Waals surface area contributed by atoms with E-state index in [4.69, 9.17) is 0 Å². The highest BCUT2D eigenvalue weighted by Gasteiger charge is 2.11. The van der Waals surface area contributed by atoms with Gasteiger partial charge in [-0.05, 0) is 38.1 Å². The zero-order valence-electron chi connectivity index (χ0n) is 11.8. The third-order valence-corrected chi connectivity index (χ3v) is 2.77. The lowest BCUT2D eigenvalue weighted by Crippen LogP contribution is -2.25. The molecule has 0 aliphatic rings. The lowest BCUT2D eigenvalue weighted by molar-refractivity contribution is 0.0951. The molecule has 2 N–H and O–H groups in total. The SMILES string of the molecule is CC(C)Nc1ccccc1C(=O)NCc1ccccn1. The summed E-state index contributed by atoms with van der Waals surface area (Å²) in [5, 5.41) is 6.16. The Labute approximate surface area is 119 Å². The molecule has 20 heavy (non-hydrogen) atoms. The van der Waals surface area contributed by atoms with Gasteiger partial charge in [0, 0.05) is 17.9 Å². The van der Waals surface area contributed by atoms with E-state index in [1.54, 1.807) is 6.20 Å². The summed E-state index contributed by atoms with van der Waals surface area (Å²) < 4.78 is 0. The fourth-order valence-electron chi connectivity index (χ4n) is 1.89. The third kappa shape index (κ3) is 3.82. The first kappa shape index (κ1) is 14.1. The Kier molecular flexibility index (Phi) is 4.71. The molecule has 0 saturated carbocycles. The number of hydrogen-bond donors (Lipinski definition) is 2. The van der Waals surface area contributed by atoms with Crippen molar-refractivity contribution in [2.75, 3.05) is 5.32 Å². The van der Waals surface area contributed by atoms with Crippen LogP contribution in [-0.4, -0.2) is 16.9 Å². The van der Waals surface area contributed by atoms with E-state index in [1.807, 2.05) is 56.3 Å². The molecule has 0 aliphatic heterocycles. The number of nitrogens with one attached hydrogen (secondary N) is 2. The summed E-state index contributed by atoms with van der Waals surface area (Å²) in [5.41, 5.74) is 2.34. The highest BCUT2D eigenvalue weighted by Crippen LogP contribution is 2.16. The van der Waals surface area contributed by atoms with Crippen molar-refractivity contribution in [1.29, 1.82) is 0 Å². The van der Waals surface area contributed by atoms with Gasteiger partial charge in [0.1, 0.15) is 0 Å². The molecule has 1 aromatic heterocycles. The number of nitrogens with zero attached hydrogens (tertiary/aromatic N) is 1. The van der Waals surface area contributed by atoms with Crippen molar-refractivity contribution >= 4 is 11.6 Å². The standard InChI is InChI=1S/C16H19N3O/c1-12(2)19-15-9-4-3-8-14(15)16(20)18-11-13-7-5-6-10-17-13/h3-10,12,19H,11H2,1-2H3,(H,18,20). The van der Waals surface area contributed by atoms with E-state index in [-0.39, 0.29) is 11.9 Å². The van der Waals surface area contributed by atoms with E-state index in [0.717, 1.165) is 11.4 Å². The molecule has 2 rings (SSSR count). The molecular formula is C16H19N3O. The monoisotopic (exact) mass is 269 g/mol. The van der Waals surface area contributed by atoms with Crippen LogP contribution >= 0.6 is 0 Å². The molecule has 1 amide bonds. The molecule has 2 aromatic rings. The fraction of sp³-hybridized carbons (Fsp3) is 0.250. The molecule has 4 nitrogen and oxygen atoms in total. The Morgan fingerprint density at radius 1 is 1.15 bits per heavy atom. The molecule has 0 saturated heterocycles. The van der Waals surface area contributed by atoms with Gasteiger partial charge in [-0.15, -0.1) is 0 Å².